The molecule has 2 rings (SSSR count). The van der Waals surface area contributed by atoms with Crippen LogP contribution in [-0.4, -0.2) is 36.9 Å². The van der Waals surface area contributed by atoms with Gasteiger partial charge in [0.1, 0.15) is 6.73 Å². The van der Waals surface area contributed by atoms with E-state index in [0.717, 1.165) is 4.57 Å². The van der Waals surface area contributed by atoms with E-state index in [1.54, 1.807) is 6.92 Å². The number of fused-ring (bicyclic) bond motifs is 1. The second-order valence-electron chi connectivity index (χ2n) is 4.15. The first-order chi connectivity index (χ1) is 9.47. The first-order valence-electron chi connectivity index (χ1n) is 5.99. The molecule has 0 aliphatic heterocycles. The quantitative estimate of drug-likeness (QED) is 0.686. The summed E-state index contributed by atoms with van der Waals surface area (Å²) in [6.45, 7) is 0.506. The predicted molar refractivity (Wildman–Crippen MR) is 68.9 cm³/mol. The van der Waals surface area contributed by atoms with Crippen LogP contribution in [0.15, 0.2) is 15.9 Å². The highest BCUT2D eigenvalue weighted by Gasteiger charge is 2.14. The van der Waals surface area contributed by atoms with E-state index < -0.39 is 17.7 Å². The maximum Gasteiger partial charge on any atom is 0.332 e. The molecule has 0 spiro atoms. The Morgan fingerprint density at radius 2 is 2.00 bits per heavy atom. The van der Waals surface area contributed by atoms with Crippen LogP contribution in [0, 0.1) is 0 Å². The molecule has 0 aliphatic carbocycles. The van der Waals surface area contributed by atoms with E-state index in [1.165, 1.54) is 29.6 Å². The molecule has 0 fully saturated rings. The molecule has 0 saturated carbocycles. The van der Waals surface area contributed by atoms with Crippen molar-refractivity contribution in [2.75, 3.05) is 6.61 Å². The smallest absolute Gasteiger partial charge is 0.332 e. The standard InChI is InChI=1S/C11H16N4O5/c1-4-19-11(18)20-6-15-5-12-8-7(15)9(16)14(3)10(17)13(8)2/h5,11,18H,4,6H2,1-3H3. The van der Waals surface area contributed by atoms with E-state index in [1.807, 2.05) is 0 Å². The topological polar surface area (TPSA) is 101 Å². The predicted octanol–water partition coefficient (Wildman–Crippen LogP) is -1.28. The molecule has 2 heterocycles. The first kappa shape index (κ1) is 14.4. The second-order valence-corrected chi connectivity index (χ2v) is 4.15. The number of aromatic nitrogens is 4. The van der Waals surface area contributed by atoms with E-state index in [-0.39, 0.29) is 17.9 Å². The molecule has 0 aliphatic rings. The SMILES string of the molecule is CCOC(O)OCn1cnc2c1c(=O)n(C)c(=O)n2C. The Bertz CT molecular complexity index is 729. The van der Waals surface area contributed by atoms with E-state index >= 15 is 0 Å². The number of nitrogens with zero attached hydrogens (tertiary/aromatic N) is 4. The first-order valence-corrected chi connectivity index (χ1v) is 5.99. The minimum atomic E-state index is -1.38. The van der Waals surface area contributed by atoms with Crippen LogP contribution in [0.3, 0.4) is 0 Å². The molecule has 0 saturated heterocycles. The van der Waals surface area contributed by atoms with Crippen LogP contribution in [0.1, 0.15) is 6.92 Å². The molecular weight excluding hydrogens is 268 g/mol. The van der Waals surface area contributed by atoms with Crippen molar-refractivity contribution in [2.24, 2.45) is 14.1 Å². The Labute approximate surface area is 113 Å². The van der Waals surface area contributed by atoms with Crippen molar-refractivity contribution in [3.63, 3.8) is 0 Å². The molecular formula is C11H16N4O5. The largest absolute Gasteiger partial charge is 0.346 e. The summed E-state index contributed by atoms with van der Waals surface area (Å²) in [7, 11) is 2.91. The lowest BCUT2D eigenvalue weighted by Crippen LogP contribution is -2.37. The molecule has 0 amide bonds. The lowest BCUT2D eigenvalue weighted by Gasteiger charge is -2.12. The number of imidazole rings is 1. The van der Waals surface area contributed by atoms with Crippen LogP contribution in [0.4, 0.5) is 0 Å². The lowest BCUT2D eigenvalue weighted by atomic mass is 10.5. The van der Waals surface area contributed by atoms with Crippen LogP contribution >= 0.6 is 0 Å². The number of aliphatic hydroxyl groups is 1. The number of aliphatic hydroxyl groups excluding tert-OH is 1. The van der Waals surface area contributed by atoms with Crippen molar-refractivity contribution >= 4 is 11.2 Å². The Balaban J connectivity index is 2.42. The minimum absolute atomic E-state index is 0.120. The zero-order valence-electron chi connectivity index (χ0n) is 11.4. The number of aryl methyl sites for hydroxylation is 1. The van der Waals surface area contributed by atoms with E-state index in [4.69, 9.17) is 9.47 Å². The van der Waals surface area contributed by atoms with Crippen molar-refractivity contribution in [1.29, 1.82) is 0 Å². The summed E-state index contributed by atoms with van der Waals surface area (Å²) in [6.07, 6.45) is 1.37. The van der Waals surface area contributed by atoms with Gasteiger partial charge in [-0.15, -0.1) is 0 Å². The summed E-state index contributed by atoms with van der Waals surface area (Å²) in [4.78, 5) is 27.9. The molecule has 9 heteroatoms. The summed E-state index contributed by atoms with van der Waals surface area (Å²) in [5, 5.41) is 9.33. The van der Waals surface area contributed by atoms with Gasteiger partial charge in [-0.05, 0) is 6.92 Å². The van der Waals surface area contributed by atoms with Gasteiger partial charge in [-0.25, -0.2) is 9.78 Å². The van der Waals surface area contributed by atoms with Gasteiger partial charge in [0, 0.05) is 20.7 Å². The summed E-state index contributed by atoms with van der Waals surface area (Å²) in [5.41, 5.74) is -0.455. The van der Waals surface area contributed by atoms with Gasteiger partial charge in [0.25, 0.3) is 12.0 Å². The Hall–Kier alpha value is -1.97. The maximum absolute atomic E-state index is 12.1. The fraction of sp³-hybridized carbons (Fsp3) is 0.545. The number of hydrogen-bond donors (Lipinski definition) is 1. The molecule has 0 aromatic carbocycles. The van der Waals surface area contributed by atoms with Crippen molar-refractivity contribution in [2.45, 2.75) is 20.1 Å². The van der Waals surface area contributed by atoms with Crippen LogP contribution in [0.25, 0.3) is 11.2 Å². The van der Waals surface area contributed by atoms with E-state index in [9.17, 15) is 14.7 Å². The maximum atomic E-state index is 12.1. The average molecular weight is 284 g/mol. The molecule has 20 heavy (non-hydrogen) atoms. The second kappa shape index (κ2) is 5.57. The molecule has 2 aromatic rings. The lowest BCUT2D eigenvalue weighted by molar-refractivity contribution is -0.274. The van der Waals surface area contributed by atoms with Crippen molar-refractivity contribution in [3.05, 3.63) is 27.2 Å². The van der Waals surface area contributed by atoms with Gasteiger partial charge in [0.05, 0.1) is 6.33 Å². The van der Waals surface area contributed by atoms with Crippen molar-refractivity contribution < 1.29 is 14.6 Å². The molecule has 0 radical (unpaired) electrons. The summed E-state index contributed by atoms with van der Waals surface area (Å²) in [5.74, 6) is 0. The zero-order valence-corrected chi connectivity index (χ0v) is 11.4. The normalized spacial score (nSPS) is 13.0. The minimum Gasteiger partial charge on any atom is -0.346 e. The average Bonchev–Trinajstić information content (AvgIpc) is 2.85. The van der Waals surface area contributed by atoms with E-state index in [2.05, 4.69) is 4.98 Å². The Morgan fingerprint density at radius 3 is 2.65 bits per heavy atom. The van der Waals surface area contributed by atoms with Gasteiger partial charge in [0.2, 0.25) is 0 Å². The van der Waals surface area contributed by atoms with Gasteiger partial charge in [-0.1, -0.05) is 0 Å². The van der Waals surface area contributed by atoms with E-state index in [0.29, 0.717) is 6.61 Å². The van der Waals surface area contributed by atoms with Gasteiger partial charge < -0.3 is 19.1 Å². The van der Waals surface area contributed by atoms with Crippen LogP contribution in [-0.2, 0) is 30.3 Å². The molecule has 9 nitrogen and oxygen atoms in total. The molecule has 2 aromatic heterocycles. The van der Waals surface area contributed by atoms with Gasteiger partial charge in [-0.3, -0.25) is 13.9 Å². The van der Waals surface area contributed by atoms with Crippen LogP contribution in [0.2, 0.25) is 0 Å². The molecule has 110 valence electrons. The fourth-order valence-electron chi connectivity index (χ4n) is 1.83. The van der Waals surface area contributed by atoms with Gasteiger partial charge in [0.15, 0.2) is 11.2 Å². The Kier molecular flexibility index (Phi) is 4.02. The van der Waals surface area contributed by atoms with Gasteiger partial charge >= 0.3 is 5.69 Å². The molecule has 0 bridgehead atoms. The summed E-state index contributed by atoms with van der Waals surface area (Å²) in [6, 6.07) is 0. The molecule has 1 N–H and O–H groups in total. The highest BCUT2D eigenvalue weighted by atomic mass is 16.8. The highest BCUT2D eigenvalue weighted by Crippen LogP contribution is 2.06. The number of rotatable bonds is 5. The van der Waals surface area contributed by atoms with Crippen LogP contribution in [0.5, 0.6) is 0 Å². The Morgan fingerprint density at radius 1 is 1.30 bits per heavy atom. The third kappa shape index (κ3) is 2.38. The summed E-state index contributed by atoms with van der Waals surface area (Å²) < 4.78 is 13.5. The molecule has 1 unspecified atom stereocenters. The van der Waals surface area contributed by atoms with Crippen molar-refractivity contribution in [1.82, 2.24) is 18.7 Å². The van der Waals surface area contributed by atoms with Gasteiger partial charge in [-0.2, -0.15) is 0 Å². The third-order valence-electron chi connectivity index (χ3n) is 2.88. The van der Waals surface area contributed by atoms with Crippen LogP contribution < -0.4 is 11.2 Å². The fourth-order valence-corrected chi connectivity index (χ4v) is 1.83. The molecule has 1 atom stereocenters. The summed E-state index contributed by atoms with van der Waals surface area (Å²) >= 11 is 0. The number of hydrogen-bond acceptors (Lipinski definition) is 6. The monoisotopic (exact) mass is 284 g/mol. The third-order valence-corrected chi connectivity index (χ3v) is 2.88. The van der Waals surface area contributed by atoms with Crippen molar-refractivity contribution in [3.8, 4) is 0 Å². The zero-order chi connectivity index (χ0) is 14.9. The highest BCUT2D eigenvalue weighted by molar-refractivity contribution is 5.69. The number of ether oxygens (including phenoxy) is 2.